The Balaban J connectivity index is 0.000000454. The van der Waals surface area contributed by atoms with Crippen LogP contribution in [-0.2, 0) is 22.7 Å². The molecule has 0 unspecified atom stereocenters. The lowest BCUT2D eigenvalue weighted by atomic mass is 10.1. The van der Waals surface area contributed by atoms with Gasteiger partial charge in [-0.1, -0.05) is 12.1 Å². The van der Waals surface area contributed by atoms with Crippen molar-refractivity contribution in [3.05, 3.63) is 47.5 Å². The molecule has 178 valence electrons. The van der Waals surface area contributed by atoms with Crippen LogP contribution in [0.2, 0.25) is 0 Å². The highest BCUT2D eigenvalue weighted by atomic mass is 16.7. The van der Waals surface area contributed by atoms with Gasteiger partial charge in [0.15, 0.2) is 23.0 Å². The summed E-state index contributed by atoms with van der Waals surface area (Å²) in [7, 11) is 3.34. The van der Waals surface area contributed by atoms with Crippen LogP contribution in [0.3, 0.4) is 0 Å². The Morgan fingerprint density at radius 2 is 1.30 bits per heavy atom. The number of nitrogens with zero attached hydrogens (tertiary/aromatic N) is 2. The molecule has 0 bridgehead atoms. The maximum absolute atomic E-state index is 9.10. The molecule has 4 rings (SSSR count). The first kappa shape index (κ1) is 24.1. The zero-order valence-corrected chi connectivity index (χ0v) is 18.7. The van der Waals surface area contributed by atoms with Crippen molar-refractivity contribution in [2.24, 2.45) is 0 Å². The normalized spacial score (nSPS) is 15.3. The number of fused-ring (bicyclic) bond motifs is 1. The number of aliphatic carboxylic acids is 2. The van der Waals surface area contributed by atoms with Crippen LogP contribution < -0.4 is 18.9 Å². The van der Waals surface area contributed by atoms with Gasteiger partial charge in [0.2, 0.25) is 6.79 Å². The standard InChI is InChI=1S/C21H26N2O4.C2H2O4/c1-24-18-5-3-16(11-20(18)25-2)13-22-7-9-23(10-8-22)14-17-4-6-19-21(12-17)27-15-26-19;3-1(4)2(5)6/h3-6,11-12H,7-10,13-15H2,1-2H3;(H,3,4)(H,5,6). The van der Waals surface area contributed by atoms with E-state index in [1.165, 1.54) is 11.1 Å². The molecule has 0 amide bonds. The summed E-state index contributed by atoms with van der Waals surface area (Å²) in [5.41, 5.74) is 2.52. The zero-order chi connectivity index (χ0) is 23.8. The molecule has 2 N–H and O–H groups in total. The summed E-state index contributed by atoms with van der Waals surface area (Å²) in [6, 6.07) is 12.4. The van der Waals surface area contributed by atoms with Gasteiger partial charge in [0.05, 0.1) is 14.2 Å². The molecule has 1 fully saturated rings. The highest BCUT2D eigenvalue weighted by Gasteiger charge is 2.19. The first-order valence-electron chi connectivity index (χ1n) is 10.4. The lowest BCUT2D eigenvalue weighted by Crippen LogP contribution is -2.45. The predicted molar refractivity (Wildman–Crippen MR) is 118 cm³/mol. The van der Waals surface area contributed by atoms with Crippen LogP contribution >= 0.6 is 0 Å². The zero-order valence-electron chi connectivity index (χ0n) is 18.7. The second kappa shape index (κ2) is 11.4. The van der Waals surface area contributed by atoms with Crippen molar-refractivity contribution < 1.29 is 38.7 Å². The Hall–Kier alpha value is -3.50. The molecular weight excluding hydrogens is 432 g/mol. The minimum absolute atomic E-state index is 0.327. The van der Waals surface area contributed by atoms with Crippen LogP contribution in [0.1, 0.15) is 11.1 Å². The largest absolute Gasteiger partial charge is 0.493 e. The molecular formula is C23H28N2O8. The number of carboxylic acids is 2. The molecule has 2 aromatic carbocycles. The predicted octanol–water partition coefficient (Wildman–Crippen LogP) is 1.91. The van der Waals surface area contributed by atoms with E-state index in [-0.39, 0.29) is 0 Å². The van der Waals surface area contributed by atoms with Gasteiger partial charge >= 0.3 is 11.9 Å². The number of ether oxygens (including phenoxy) is 4. The molecule has 0 aliphatic carbocycles. The number of carboxylic acid groups (broad SMARTS) is 2. The van der Waals surface area contributed by atoms with Crippen molar-refractivity contribution in [3.8, 4) is 23.0 Å². The highest BCUT2D eigenvalue weighted by molar-refractivity contribution is 6.27. The molecule has 0 spiro atoms. The van der Waals surface area contributed by atoms with E-state index in [0.29, 0.717) is 6.79 Å². The van der Waals surface area contributed by atoms with E-state index in [9.17, 15) is 0 Å². The van der Waals surface area contributed by atoms with Gasteiger partial charge < -0.3 is 29.2 Å². The van der Waals surface area contributed by atoms with E-state index < -0.39 is 11.9 Å². The third kappa shape index (κ3) is 6.74. The van der Waals surface area contributed by atoms with Gasteiger partial charge in [0, 0.05) is 39.3 Å². The average Bonchev–Trinajstić information content (AvgIpc) is 3.28. The van der Waals surface area contributed by atoms with Crippen molar-refractivity contribution >= 4 is 11.9 Å². The molecule has 2 heterocycles. The Bertz CT molecular complexity index is 961. The van der Waals surface area contributed by atoms with Crippen LogP contribution in [-0.4, -0.2) is 79.1 Å². The molecule has 2 aliphatic rings. The Labute approximate surface area is 191 Å². The van der Waals surface area contributed by atoms with Crippen molar-refractivity contribution in [2.75, 3.05) is 47.2 Å². The number of hydrogen-bond acceptors (Lipinski definition) is 8. The Kier molecular flexibility index (Phi) is 8.34. The fraction of sp³-hybridized carbons (Fsp3) is 0.391. The van der Waals surface area contributed by atoms with Gasteiger partial charge in [0.25, 0.3) is 0 Å². The van der Waals surface area contributed by atoms with E-state index in [0.717, 1.165) is 62.3 Å². The number of carbonyl (C=O) groups is 2. The summed E-state index contributed by atoms with van der Waals surface area (Å²) in [6.07, 6.45) is 0. The van der Waals surface area contributed by atoms with Crippen molar-refractivity contribution in [1.82, 2.24) is 9.80 Å². The van der Waals surface area contributed by atoms with Crippen molar-refractivity contribution in [2.45, 2.75) is 13.1 Å². The fourth-order valence-electron chi connectivity index (χ4n) is 3.64. The van der Waals surface area contributed by atoms with Gasteiger partial charge in [-0.05, 0) is 35.4 Å². The highest BCUT2D eigenvalue weighted by Crippen LogP contribution is 2.33. The summed E-state index contributed by atoms with van der Waals surface area (Å²) < 4.78 is 21.6. The number of hydrogen-bond donors (Lipinski definition) is 2. The van der Waals surface area contributed by atoms with Crippen LogP contribution in [0.4, 0.5) is 0 Å². The molecule has 2 aromatic rings. The van der Waals surface area contributed by atoms with Gasteiger partial charge in [-0.15, -0.1) is 0 Å². The quantitative estimate of drug-likeness (QED) is 0.619. The molecule has 2 aliphatic heterocycles. The van der Waals surface area contributed by atoms with Crippen molar-refractivity contribution in [3.63, 3.8) is 0 Å². The van der Waals surface area contributed by atoms with E-state index in [1.807, 2.05) is 12.1 Å². The van der Waals surface area contributed by atoms with Crippen LogP contribution in [0.5, 0.6) is 23.0 Å². The average molecular weight is 460 g/mol. The molecule has 10 nitrogen and oxygen atoms in total. The third-order valence-electron chi connectivity index (χ3n) is 5.35. The summed E-state index contributed by atoms with van der Waals surface area (Å²) in [6.45, 7) is 6.42. The van der Waals surface area contributed by atoms with E-state index >= 15 is 0 Å². The lowest BCUT2D eigenvalue weighted by molar-refractivity contribution is -0.159. The first-order chi connectivity index (χ1) is 15.9. The van der Waals surface area contributed by atoms with Gasteiger partial charge in [-0.25, -0.2) is 9.59 Å². The molecule has 0 radical (unpaired) electrons. The van der Waals surface area contributed by atoms with E-state index in [1.54, 1.807) is 14.2 Å². The second-order valence-electron chi connectivity index (χ2n) is 7.54. The van der Waals surface area contributed by atoms with Crippen LogP contribution in [0, 0.1) is 0 Å². The maximum Gasteiger partial charge on any atom is 0.414 e. The maximum atomic E-state index is 9.10. The Morgan fingerprint density at radius 1 is 0.788 bits per heavy atom. The smallest absolute Gasteiger partial charge is 0.414 e. The van der Waals surface area contributed by atoms with Crippen LogP contribution in [0.15, 0.2) is 36.4 Å². The van der Waals surface area contributed by atoms with Gasteiger partial charge in [-0.2, -0.15) is 0 Å². The summed E-state index contributed by atoms with van der Waals surface area (Å²) >= 11 is 0. The minimum atomic E-state index is -1.82. The SMILES string of the molecule is COc1ccc(CN2CCN(Cc3ccc4c(c3)OCO4)CC2)cc1OC.O=C(O)C(=O)O. The first-order valence-corrected chi connectivity index (χ1v) is 10.4. The monoisotopic (exact) mass is 460 g/mol. The van der Waals surface area contributed by atoms with Gasteiger partial charge in [0.1, 0.15) is 0 Å². The number of rotatable bonds is 6. The van der Waals surface area contributed by atoms with E-state index in [4.69, 9.17) is 38.7 Å². The van der Waals surface area contributed by atoms with Gasteiger partial charge in [-0.3, -0.25) is 9.80 Å². The lowest BCUT2D eigenvalue weighted by Gasteiger charge is -2.34. The van der Waals surface area contributed by atoms with Crippen LogP contribution in [0.25, 0.3) is 0 Å². The summed E-state index contributed by atoms with van der Waals surface area (Å²) in [4.78, 5) is 23.2. The summed E-state index contributed by atoms with van der Waals surface area (Å²) in [5, 5.41) is 14.8. The minimum Gasteiger partial charge on any atom is -0.493 e. The molecule has 0 aromatic heterocycles. The Morgan fingerprint density at radius 3 is 1.85 bits per heavy atom. The fourth-order valence-corrected chi connectivity index (χ4v) is 3.64. The number of benzene rings is 2. The molecule has 33 heavy (non-hydrogen) atoms. The molecule has 10 heteroatoms. The second-order valence-corrected chi connectivity index (χ2v) is 7.54. The number of methoxy groups -OCH3 is 2. The summed E-state index contributed by atoms with van der Waals surface area (Å²) in [5.74, 6) is -0.380. The molecule has 0 atom stereocenters. The third-order valence-corrected chi connectivity index (χ3v) is 5.35. The molecule has 1 saturated heterocycles. The van der Waals surface area contributed by atoms with E-state index in [2.05, 4.69) is 34.1 Å². The van der Waals surface area contributed by atoms with Crippen molar-refractivity contribution in [1.29, 1.82) is 0 Å². The number of piperazine rings is 1. The topological polar surface area (TPSA) is 118 Å². The molecule has 0 saturated carbocycles.